The van der Waals surface area contributed by atoms with Gasteiger partial charge in [-0.15, -0.1) is 0 Å². The fourth-order valence-electron chi connectivity index (χ4n) is 3.26. The van der Waals surface area contributed by atoms with Crippen molar-refractivity contribution in [1.82, 2.24) is 9.47 Å². The molecule has 2 fully saturated rings. The molecular weight excluding hydrogens is 256 g/mol. The Bertz CT molecular complexity index is 522. The molecule has 1 aromatic rings. The summed E-state index contributed by atoms with van der Waals surface area (Å²) in [6.07, 6.45) is 2.70. The van der Waals surface area contributed by atoms with E-state index in [4.69, 9.17) is 9.47 Å². The predicted octanol–water partition coefficient (Wildman–Crippen LogP) is 1.28. The van der Waals surface area contributed by atoms with Gasteiger partial charge in [-0.3, -0.25) is 9.69 Å². The largest absolute Gasteiger partial charge is 0.347 e. The van der Waals surface area contributed by atoms with Crippen molar-refractivity contribution in [1.29, 1.82) is 0 Å². The Morgan fingerprint density at radius 3 is 2.75 bits per heavy atom. The van der Waals surface area contributed by atoms with Crippen LogP contribution in [0.2, 0.25) is 0 Å². The van der Waals surface area contributed by atoms with E-state index in [-0.39, 0.29) is 5.56 Å². The summed E-state index contributed by atoms with van der Waals surface area (Å²) in [6, 6.07) is 5.60. The third-order valence-corrected chi connectivity index (χ3v) is 4.47. The van der Waals surface area contributed by atoms with Gasteiger partial charge in [-0.1, -0.05) is 13.0 Å². The zero-order valence-corrected chi connectivity index (χ0v) is 12.1. The van der Waals surface area contributed by atoms with Gasteiger partial charge in [0, 0.05) is 37.2 Å². The highest BCUT2D eigenvalue weighted by Gasteiger charge is 2.48. The molecule has 0 N–H and O–H groups in total. The second kappa shape index (κ2) is 5.31. The Morgan fingerprint density at radius 1 is 1.30 bits per heavy atom. The van der Waals surface area contributed by atoms with Crippen molar-refractivity contribution in [3.8, 4) is 0 Å². The van der Waals surface area contributed by atoms with Gasteiger partial charge in [0.2, 0.25) is 0 Å². The molecule has 1 aromatic heterocycles. The summed E-state index contributed by atoms with van der Waals surface area (Å²) >= 11 is 0. The highest BCUT2D eigenvalue weighted by atomic mass is 16.7. The summed E-state index contributed by atoms with van der Waals surface area (Å²) in [6.45, 7) is 7.22. The molecule has 20 heavy (non-hydrogen) atoms. The molecule has 2 unspecified atom stereocenters. The summed E-state index contributed by atoms with van der Waals surface area (Å²) in [7, 11) is 0. The molecule has 2 aliphatic rings. The highest BCUT2D eigenvalue weighted by molar-refractivity contribution is 4.95. The van der Waals surface area contributed by atoms with Gasteiger partial charge in [-0.2, -0.15) is 0 Å². The fraction of sp³-hybridized carbons (Fsp3) is 0.667. The lowest BCUT2D eigenvalue weighted by Crippen LogP contribution is -2.56. The Balaban J connectivity index is 1.73. The van der Waals surface area contributed by atoms with E-state index in [0.29, 0.717) is 31.8 Å². The van der Waals surface area contributed by atoms with Gasteiger partial charge < -0.3 is 14.0 Å². The summed E-state index contributed by atoms with van der Waals surface area (Å²) in [5, 5.41) is 0. The monoisotopic (exact) mass is 278 g/mol. The van der Waals surface area contributed by atoms with Crippen LogP contribution in [0, 0.1) is 5.92 Å². The first kappa shape index (κ1) is 13.8. The van der Waals surface area contributed by atoms with E-state index < -0.39 is 5.79 Å². The van der Waals surface area contributed by atoms with Gasteiger partial charge in [0.15, 0.2) is 5.79 Å². The Hall–Kier alpha value is -1.17. The number of likely N-dealkylation sites (tertiary alicyclic amines) is 1. The lowest BCUT2D eigenvalue weighted by atomic mass is 9.88. The van der Waals surface area contributed by atoms with Crippen LogP contribution in [-0.2, 0) is 16.1 Å². The first-order valence-corrected chi connectivity index (χ1v) is 7.28. The maximum absolute atomic E-state index is 11.8. The first-order valence-electron chi connectivity index (χ1n) is 7.28. The average molecular weight is 278 g/mol. The zero-order valence-electron chi connectivity index (χ0n) is 12.1. The molecule has 110 valence electrons. The third-order valence-electron chi connectivity index (χ3n) is 4.47. The quantitative estimate of drug-likeness (QED) is 0.817. The van der Waals surface area contributed by atoms with Crippen LogP contribution < -0.4 is 5.56 Å². The van der Waals surface area contributed by atoms with E-state index in [1.165, 1.54) is 0 Å². The third kappa shape index (κ3) is 2.41. The van der Waals surface area contributed by atoms with Gasteiger partial charge in [0.1, 0.15) is 0 Å². The number of aromatic nitrogens is 1. The normalized spacial score (nSPS) is 29.9. The molecule has 2 aliphatic heterocycles. The van der Waals surface area contributed by atoms with Crippen LogP contribution in [0.1, 0.15) is 20.3 Å². The average Bonchev–Trinajstić information content (AvgIpc) is 2.88. The van der Waals surface area contributed by atoms with Crippen molar-refractivity contribution in [2.75, 3.05) is 19.8 Å². The molecule has 2 saturated heterocycles. The number of rotatable bonds is 2. The van der Waals surface area contributed by atoms with E-state index in [2.05, 4.69) is 18.7 Å². The molecule has 0 aromatic carbocycles. The molecule has 5 heteroatoms. The van der Waals surface area contributed by atoms with E-state index in [9.17, 15) is 4.79 Å². The number of hydrogen-bond acceptors (Lipinski definition) is 4. The molecule has 3 heterocycles. The first-order chi connectivity index (χ1) is 9.61. The standard InChI is InChI=1S/C15H22N2O3/c1-12-10-17(11-16-6-4-3-5-14(16)18)13(2)9-15(12)19-7-8-20-15/h3-6,12-13H,7-11H2,1-2H3. The SMILES string of the molecule is CC1CC2(OCCO2)C(C)CN1Cn1ccccc1=O. The van der Waals surface area contributed by atoms with E-state index in [1.54, 1.807) is 16.7 Å². The number of pyridine rings is 1. The van der Waals surface area contributed by atoms with Crippen molar-refractivity contribution in [2.24, 2.45) is 5.92 Å². The van der Waals surface area contributed by atoms with Crippen LogP contribution in [0.15, 0.2) is 29.2 Å². The summed E-state index contributed by atoms with van der Waals surface area (Å²) in [5.41, 5.74) is 0.0426. The van der Waals surface area contributed by atoms with Gasteiger partial charge in [0.05, 0.1) is 19.9 Å². The van der Waals surface area contributed by atoms with Gasteiger partial charge in [-0.25, -0.2) is 0 Å². The molecular formula is C15H22N2O3. The second-order valence-corrected chi connectivity index (χ2v) is 5.88. The summed E-state index contributed by atoms with van der Waals surface area (Å²) in [4.78, 5) is 14.1. The molecule has 5 nitrogen and oxygen atoms in total. The lowest BCUT2D eigenvalue weighted by Gasteiger charge is -2.46. The van der Waals surface area contributed by atoms with Crippen LogP contribution in [-0.4, -0.2) is 41.1 Å². The smallest absolute Gasteiger partial charge is 0.251 e. The molecule has 0 saturated carbocycles. The van der Waals surface area contributed by atoms with Crippen molar-refractivity contribution in [3.63, 3.8) is 0 Å². The fourth-order valence-corrected chi connectivity index (χ4v) is 3.26. The lowest BCUT2D eigenvalue weighted by molar-refractivity contribution is -0.228. The van der Waals surface area contributed by atoms with Crippen LogP contribution in [0.25, 0.3) is 0 Å². The summed E-state index contributed by atoms with van der Waals surface area (Å²) < 4.78 is 13.5. The van der Waals surface area contributed by atoms with Crippen LogP contribution in [0.4, 0.5) is 0 Å². The Morgan fingerprint density at radius 2 is 2.05 bits per heavy atom. The molecule has 0 amide bonds. The minimum atomic E-state index is -0.405. The maximum Gasteiger partial charge on any atom is 0.251 e. The van der Waals surface area contributed by atoms with E-state index >= 15 is 0 Å². The van der Waals surface area contributed by atoms with Crippen molar-refractivity contribution in [2.45, 2.75) is 38.8 Å². The van der Waals surface area contributed by atoms with Gasteiger partial charge >= 0.3 is 0 Å². The molecule has 3 rings (SSSR count). The molecule has 2 atom stereocenters. The molecule has 0 radical (unpaired) electrons. The van der Waals surface area contributed by atoms with Crippen LogP contribution in [0.3, 0.4) is 0 Å². The minimum Gasteiger partial charge on any atom is -0.347 e. The van der Waals surface area contributed by atoms with E-state index in [1.807, 2.05) is 12.3 Å². The Kier molecular flexibility index (Phi) is 3.67. The molecule has 0 bridgehead atoms. The Labute approximate surface area is 119 Å². The highest BCUT2D eigenvalue weighted by Crippen LogP contribution is 2.38. The maximum atomic E-state index is 11.8. The van der Waals surface area contributed by atoms with Crippen LogP contribution >= 0.6 is 0 Å². The van der Waals surface area contributed by atoms with E-state index in [0.717, 1.165) is 13.0 Å². The van der Waals surface area contributed by atoms with Crippen molar-refractivity contribution in [3.05, 3.63) is 34.7 Å². The van der Waals surface area contributed by atoms with Gasteiger partial charge in [-0.05, 0) is 13.0 Å². The predicted molar refractivity (Wildman–Crippen MR) is 75.3 cm³/mol. The molecule has 0 aliphatic carbocycles. The zero-order chi connectivity index (χ0) is 14.2. The number of piperidine rings is 1. The topological polar surface area (TPSA) is 43.7 Å². The van der Waals surface area contributed by atoms with Crippen LogP contribution in [0.5, 0.6) is 0 Å². The van der Waals surface area contributed by atoms with Gasteiger partial charge in [0.25, 0.3) is 5.56 Å². The number of ether oxygens (including phenoxy) is 2. The minimum absolute atomic E-state index is 0.0426. The van der Waals surface area contributed by atoms with Crippen molar-refractivity contribution < 1.29 is 9.47 Å². The number of hydrogen-bond donors (Lipinski definition) is 0. The summed E-state index contributed by atoms with van der Waals surface area (Å²) in [5.74, 6) is -0.0991. The number of nitrogens with zero attached hydrogens (tertiary/aromatic N) is 2. The molecule has 1 spiro atoms. The van der Waals surface area contributed by atoms with Crippen molar-refractivity contribution >= 4 is 0 Å². The second-order valence-electron chi connectivity index (χ2n) is 5.88.